The molecule has 2 heterocycles. The van der Waals surface area contributed by atoms with E-state index in [1.54, 1.807) is 18.5 Å². The lowest BCUT2D eigenvalue weighted by molar-refractivity contribution is 0.945. The molecule has 0 aromatic carbocycles. The number of hydrogen-bond donors (Lipinski definition) is 0. The molecule has 88 valence electrons. The molecule has 0 saturated carbocycles. The van der Waals surface area contributed by atoms with Crippen molar-refractivity contribution < 1.29 is 0 Å². The van der Waals surface area contributed by atoms with Gasteiger partial charge in [-0.05, 0) is 30.3 Å². The minimum atomic E-state index is 0.214. The van der Waals surface area contributed by atoms with Crippen LogP contribution < -0.4 is 0 Å². The standard InChI is InChI=1S/C10H6Cl3N3S/c1-5-3-14-10(15-4-5)17-9-7(12)2-6(11)8(13)16-9/h2-4H,1H3. The minimum Gasteiger partial charge on any atom is -0.231 e. The fourth-order valence-corrected chi connectivity index (χ4v) is 2.36. The largest absolute Gasteiger partial charge is 0.231 e. The quantitative estimate of drug-likeness (QED) is 0.613. The van der Waals surface area contributed by atoms with Crippen molar-refractivity contribution in [1.29, 1.82) is 0 Å². The van der Waals surface area contributed by atoms with Crippen molar-refractivity contribution in [2.45, 2.75) is 17.1 Å². The van der Waals surface area contributed by atoms with E-state index >= 15 is 0 Å². The van der Waals surface area contributed by atoms with E-state index in [-0.39, 0.29) is 5.15 Å². The van der Waals surface area contributed by atoms with E-state index in [1.807, 2.05) is 6.92 Å². The van der Waals surface area contributed by atoms with Crippen molar-refractivity contribution in [2.75, 3.05) is 0 Å². The van der Waals surface area contributed by atoms with E-state index in [0.29, 0.717) is 20.2 Å². The molecule has 7 heteroatoms. The molecule has 0 radical (unpaired) electrons. The van der Waals surface area contributed by atoms with Gasteiger partial charge in [0, 0.05) is 12.4 Å². The van der Waals surface area contributed by atoms with E-state index in [9.17, 15) is 0 Å². The predicted octanol–water partition coefficient (Wildman–Crippen LogP) is 4.29. The normalized spacial score (nSPS) is 10.6. The molecule has 3 nitrogen and oxygen atoms in total. The summed E-state index contributed by atoms with van der Waals surface area (Å²) in [6.45, 7) is 1.92. The van der Waals surface area contributed by atoms with Gasteiger partial charge in [-0.1, -0.05) is 34.8 Å². The van der Waals surface area contributed by atoms with Crippen LogP contribution in [0.25, 0.3) is 0 Å². The molecule has 0 unspecified atom stereocenters. The first-order valence-corrected chi connectivity index (χ1v) is 6.49. The second kappa shape index (κ2) is 5.40. The minimum absolute atomic E-state index is 0.214. The van der Waals surface area contributed by atoms with Crippen molar-refractivity contribution in [1.82, 2.24) is 15.0 Å². The Morgan fingerprint density at radius 3 is 2.35 bits per heavy atom. The molecule has 0 aliphatic carbocycles. The molecule has 2 aromatic heterocycles. The third kappa shape index (κ3) is 3.22. The molecule has 0 amide bonds. The van der Waals surface area contributed by atoms with Gasteiger partial charge in [0.2, 0.25) is 0 Å². The number of aromatic nitrogens is 3. The van der Waals surface area contributed by atoms with E-state index in [1.165, 1.54) is 11.8 Å². The van der Waals surface area contributed by atoms with Crippen LogP contribution in [0.5, 0.6) is 0 Å². The number of nitrogens with zero attached hydrogens (tertiary/aromatic N) is 3. The van der Waals surface area contributed by atoms with Crippen molar-refractivity contribution in [3.05, 3.63) is 39.2 Å². The maximum Gasteiger partial charge on any atom is 0.193 e. The lowest BCUT2D eigenvalue weighted by Gasteiger charge is -2.03. The Labute approximate surface area is 118 Å². The number of hydrogen-bond acceptors (Lipinski definition) is 4. The van der Waals surface area contributed by atoms with Gasteiger partial charge < -0.3 is 0 Å². The van der Waals surface area contributed by atoms with E-state index in [4.69, 9.17) is 34.8 Å². The third-order valence-electron chi connectivity index (χ3n) is 1.80. The number of rotatable bonds is 2. The number of aryl methyl sites for hydroxylation is 1. The van der Waals surface area contributed by atoms with Gasteiger partial charge in [-0.25, -0.2) is 15.0 Å². The molecule has 0 aliphatic rings. The van der Waals surface area contributed by atoms with Crippen LogP contribution in [0.4, 0.5) is 0 Å². The highest BCUT2D eigenvalue weighted by molar-refractivity contribution is 7.99. The molecule has 17 heavy (non-hydrogen) atoms. The van der Waals surface area contributed by atoms with E-state index < -0.39 is 0 Å². The van der Waals surface area contributed by atoms with Gasteiger partial charge >= 0.3 is 0 Å². The van der Waals surface area contributed by atoms with Crippen LogP contribution in [-0.4, -0.2) is 15.0 Å². The molecule has 0 atom stereocenters. The zero-order valence-corrected chi connectivity index (χ0v) is 11.7. The molecule has 0 spiro atoms. The summed E-state index contributed by atoms with van der Waals surface area (Å²) in [4.78, 5) is 12.4. The van der Waals surface area contributed by atoms with Gasteiger partial charge in [0.05, 0.1) is 10.0 Å². The van der Waals surface area contributed by atoms with Crippen LogP contribution in [0.3, 0.4) is 0 Å². The van der Waals surface area contributed by atoms with E-state index in [2.05, 4.69) is 15.0 Å². The summed E-state index contributed by atoms with van der Waals surface area (Å²) in [5.41, 5.74) is 0.988. The SMILES string of the molecule is Cc1cnc(Sc2nc(Cl)c(Cl)cc2Cl)nc1. The Morgan fingerprint density at radius 1 is 1.06 bits per heavy atom. The third-order valence-corrected chi connectivity index (χ3v) is 3.77. The lowest BCUT2D eigenvalue weighted by Crippen LogP contribution is -1.89. The topological polar surface area (TPSA) is 38.7 Å². The zero-order valence-electron chi connectivity index (χ0n) is 8.62. The van der Waals surface area contributed by atoms with Crippen molar-refractivity contribution >= 4 is 46.6 Å². The molecule has 2 aromatic rings. The van der Waals surface area contributed by atoms with Crippen LogP contribution in [-0.2, 0) is 0 Å². The molecular weight excluding hydrogens is 301 g/mol. The predicted molar refractivity (Wildman–Crippen MR) is 70.2 cm³/mol. The first-order chi connectivity index (χ1) is 8.06. The molecule has 0 fully saturated rings. The highest BCUT2D eigenvalue weighted by Crippen LogP contribution is 2.33. The van der Waals surface area contributed by atoms with Crippen LogP contribution >= 0.6 is 46.6 Å². The Balaban J connectivity index is 2.30. The second-order valence-corrected chi connectivity index (χ2v) is 5.32. The van der Waals surface area contributed by atoms with Gasteiger partial charge in [-0.3, -0.25) is 0 Å². The summed E-state index contributed by atoms with van der Waals surface area (Å²) in [5, 5.41) is 2.05. The number of pyridine rings is 1. The lowest BCUT2D eigenvalue weighted by atomic mass is 10.4. The highest BCUT2D eigenvalue weighted by atomic mass is 35.5. The van der Waals surface area contributed by atoms with Crippen LogP contribution in [0.15, 0.2) is 28.6 Å². The molecule has 0 saturated heterocycles. The first-order valence-electron chi connectivity index (χ1n) is 4.54. The Kier molecular flexibility index (Phi) is 4.09. The first kappa shape index (κ1) is 12.9. The molecule has 2 rings (SSSR count). The fourth-order valence-electron chi connectivity index (χ4n) is 1.02. The Hall–Kier alpha value is -0.550. The van der Waals surface area contributed by atoms with Crippen molar-refractivity contribution in [3.63, 3.8) is 0 Å². The van der Waals surface area contributed by atoms with Gasteiger partial charge in [-0.15, -0.1) is 0 Å². The van der Waals surface area contributed by atoms with Gasteiger partial charge in [0.25, 0.3) is 0 Å². The summed E-state index contributed by atoms with van der Waals surface area (Å²) in [7, 11) is 0. The molecule has 0 aliphatic heterocycles. The van der Waals surface area contributed by atoms with Gasteiger partial charge in [0.1, 0.15) is 10.2 Å². The average Bonchev–Trinajstić information content (AvgIpc) is 2.29. The smallest absolute Gasteiger partial charge is 0.193 e. The molecule has 0 bridgehead atoms. The van der Waals surface area contributed by atoms with Gasteiger partial charge in [0.15, 0.2) is 5.16 Å². The second-order valence-electron chi connectivity index (χ2n) is 3.19. The van der Waals surface area contributed by atoms with Gasteiger partial charge in [-0.2, -0.15) is 0 Å². The van der Waals surface area contributed by atoms with Crippen LogP contribution in [0, 0.1) is 6.92 Å². The highest BCUT2D eigenvalue weighted by Gasteiger charge is 2.10. The zero-order chi connectivity index (χ0) is 12.4. The molecular formula is C10H6Cl3N3S. The van der Waals surface area contributed by atoms with Crippen molar-refractivity contribution in [2.24, 2.45) is 0 Å². The molecule has 0 N–H and O–H groups in total. The van der Waals surface area contributed by atoms with Crippen LogP contribution in [0.1, 0.15) is 5.56 Å². The monoisotopic (exact) mass is 305 g/mol. The summed E-state index contributed by atoms with van der Waals surface area (Å²) in [6, 6.07) is 1.55. The Bertz CT molecular complexity index is 545. The summed E-state index contributed by atoms with van der Waals surface area (Å²) >= 11 is 18.8. The Morgan fingerprint density at radius 2 is 1.71 bits per heavy atom. The maximum atomic E-state index is 6.00. The van der Waals surface area contributed by atoms with Crippen LogP contribution in [0.2, 0.25) is 15.2 Å². The van der Waals surface area contributed by atoms with Crippen molar-refractivity contribution in [3.8, 4) is 0 Å². The van der Waals surface area contributed by atoms with E-state index in [0.717, 1.165) is 5.56 Å². The maximum absolute atomic E-state index is 6.00. The fraction of sp³-hybridized carbons (Fsp3) is 0.100. The summed E-state index contributed by atoms with van der Waals surface area (Å²) < 4.78 is 0. The summed E-state index contributed by atoms with van der Waals surface area (Å²) in [6.07, 6.45) is 3.45. The number of halogens is 3. The average molecular weight is 307 g/mol. The summed E-state index contributed by atoms with van der Waals surface area (Å²) in [5.74, 6) is 0.